The lowest BCUT2D eigenvalue weighted by Gasteiger charge is -2.25. The number of hydrogen-bond donors (Lipinski definition) is 0. The standard InChI is InChI=1S/C18H20N2O4S/c1-13-11-16(20(21)22)12-18(14(13)2)25(23,24)19-10-6-9-17(19)15-7-4-3-5-8-15/h3-5,7-8,11-12,17H,6,9-10H2,1-2H3. The molecule has 1 aliphatic heterocycles. The molecule has 0 aromatic heterocycles. The third-order valence-electron chi connectivity index (χ3n) is 4.79. The molecule has 3 rings (SSSR count). The minimum Gasteiger partial charge on any atom is -0.258 e. The van der Waals surface area contributed by atoms with Crippen LogP contribution >= 0.6 is 0 Å². The van der Waals surface area contributed by atoms with E-state index in [0.29, 0.717) is 17.7 Å². The van der Waals surface area contributed by atoms with Crippen LogP contribution in [-0.2, 0) is 10.0 Å². The van der Waals surface area contributed by atoms with Crippen LogP contribution in [0.2, 0.25) is 0 Å². The van der Waals surface area contributed by atoms with Crippen LogP contribution < -0.4 is 0 Å². The highest BCUT2D eigenvalue weighted by Gasteiger charge is 2.37. The van der Waals surface area contributed by atoms with Gasteiger partial charge in [-0.3, -0.25) is 10.1 Å². The number of nitrogens with zero attached hydrogens (tertiary/aromatic N) is 2. The largest absolute Gasteiger partial charge is 0.271 e. The number of non-ortho nitro benzene ring substituents is 1. The highest BCUT2D eigenvalue weighted by atomic mass is 32.2. The summed E-state index contributed by atoms with van der Waals surface area (Å²) in [6.07, 6.45) is 1.52. The van der Waals surface area contributed by atoms with E-state index < -0.39 is 14.9 Å². The van der Waals surface area contributed by atoms with Gasteiger partial charge in [0.25, 0.3) is 5.69 Å². The molecule has 6 nitrogen and oxygen atoms in total. The monoisotopic (exact) mass is 360 g/mol. The third kappa shape index (κ3) is 3.17. The number of aryl methyl sites for hydroxylation is 1. The molecule has 132 valence electrons. The molecule has 0 amide bonds. The lowest BCUT2D eigenvalue weighted by Crippen LogP contribution is -2.31. The zero-order chi connectivity index (χ0) is 18.2. The third-order valence-corrected chi connectivity index (χ3v) is 6.82. The number of sulfonamides is 1. The molecular weight excluding hydrogens is 340 g/mol. The molecule has 0 radical (unpaired) electrons. The van der Waals surface area contributed by atoms with Gasteiger partial charge in [0.2, 0.25) is 10.0 Å². The Kier molecular flexibility index (Phi) is 4.62. The van der Waals surface area contributed by atoms with E-state index in [9.17, 15) is 18.5 Å². The molecule has 0 aliphatic carbocycles. The fraction of sp³-hybridized carbons (Fsp3) is 0.333. The normalized spacial score (nSPS) is 18.4. The first-order valence-corrected chi connectivity index (χ1v) is 9.59. The van der Waals surface area contributed by atoms with Gasteiger partial charge in [-0.25, -0.2) is 8.42 Å². The quantitative estimate of drug-likeness (QED) is 0.614. The van der Waals surface area contributed by atoms with E-state index >= 15 is 0 Å². The molecule has 1 aliphatic rings. The molecule has 2 aromatic rings. The van der Waals surface area contributed by atoms with Crippen molar-refractivity contribution in [3.8, 4) is 0 Å². The predicted octanol–water partition coefficient (Wildman–Crippen LogP) is 3.74. The Labute approximate surface area is 147 Å². The number of benzene rings is 2. The van der Waals surface area contributed by atoms with Gasteiger partial charge in [0.15, 0.2) is 0 Å². The van der Waals surface area contributed by atoms with Crippen molar-refractivity contribution in [2.45, 2.75) is 37.6 Å². The molecule has 0 N–H and O–H groups in total. The Balaban J connectivity index is 2.09. The zero-order valence-electron chi connectivity index (χ0n) is 14.2. The topological polar surface area (TPSA) is 80.5 Å². The summed E-state index contributed by atoms with van der Waals surface area (Å²) >= 11 is 0. The van der Waals surface area contributed by atoms with Crippen molar-refractivity contribution in [1.29, 1.82) is 0 Å². The molecule has 1 unspecified atom stereocenters. The van der Waals surface area contributed by atoms with Gasteiger partial charge in [-0.2, -0.15) is 4.31 Å². The Bertz CT molecular complexity index is 910. The van der Waals surface area contributed by atoms with E-state index in [2.05, 4.69) is 0 Å². The summed E-state index contributed by atoms with van der Waals surface area (Å²) in [4.78, 5) is 10.6. The van der Waals surface area contributed by atoms with Crippen molar-refractivity contribution < 1.29 is 13.3 Å². The van der Waals surface area contributed by atoms with Gasteiger partial charge in [0.1, 0.15) is 0 Å². The van der Waals surface area contributed by atoms with Gasteiger partial charge >= 0.3 is 0 Å². The summed E-state index contributed by atoms with van der Waals surface area (Å²) in [7, 11) is -3.82. The second-order valence-corrected chi connectivity index (χ2v) is 8.19. The molecule has 1 atom stereocenters. The van der Waals surface area contributed by atoms with E-state index in [1.807, 2.05) is 30.3 Å². The zero-order valence-corrected chi connectivity index (χ0v) is 15.0. The molecule has 2 aromatic carbocycles. The number of nitro groups is 1. The average molecular weight is 360 g/mol. The molecule has 1 fully saturated rings. The minimum atomic E-state index is -3.82. The Morgan fingerprint density at radius 2 is 1.84 bits per heavy atom. The van der Waals surface area contributed by atoms with E-state index in [-0.39, 0.29) is 16.6 Å². The van der Waals surface area contributed by atoms with Gasteiger partial charge in [0, 0.05) is 18.7 Å². The molecule has 0 bridgehead atoms. The van der Waals surface area contributed by atoms with Crippen LogP contribution in [0.25, 0.3) is 0 Å². The summed E-state index contributed by atoms with van der Waals surface area (Å²) in [6, 6.07) is 11.9. The minimum absolute atomic E-state index is 0.0297. The first-order chi connectivity index (χ1) is 11.8. The summed E-state index contributed by atoms with van der Waals surface area (Å²) < 4.78 is 28.0. The van der Waals surface area contributed by atoms with Crippen molar-refractivity contribution in [2.75, 3.05) is 6.54 Å². The Morgan fingerprint density at radius 3 is 2.48 bits per heavy atom. The number of hydrogen-bond acceptors (Lipinski definition) is 4. The van der Waals surface area contributed by atoms with Crippen LogP contribution in [0, 0.1) is 24.0 Å². The molecule has 1 saturated heterocycles. The summed E-state index contributed by atoms with van der Waals surface area (Å²) in [5.41, 5.74) is 1.91. The first-order valence-electron chi connectivity index (χ1n) is 8.15. The van der Waals surface area contributed by atoms with Crippen LogP contribution in [0.3, 0.4) is 0 Å². The lowest BCUT2D eigenvalue weighted by molar-refractivity contribution is -0.385. The van der Waals surface area contributed by atoms with Crippen LogP contribution in [0.1, 0.15) is 35.6 Å². The predicted molar refractivity (Wildman–Crippen MR) is 94.9 cm³/mol. The van der Waals surface area contributed by atoms with Gasteiger partial charge in [0.05, 0.1) is 15.9 Å². The first kappa shape index (κ1) is 17.6. The lowest BCUT2D eigenvalue weighted by atomic mass is 10.1. The maximum absolute atomic E-state index is 13.3. The average Bonchev–Trinajstić information content (AvgIpc) is 3.08. The fourth-order valence-electron chi connectivity index (χ4n) is 3.34. The van der Waals surface area contributed by atoms with Gasteiger partial charge in [-0.15, -0.1) is 0 Å². The molecule has 7 heteroatoms. The van der Waals surface area contributed by atoms with E-state index in [4.69, 9.17) is 0 Å². The van der Waals surface area contributed by atoms with Crippen molar-refractivity contribution in [3.05, 3.63) is 69.3 Å². The highest BCUT2D eigenvalue weighted by molar-refractivity contribution is 7.89. The van der Waals surface area contributed by atoms with E-state index in [1.165, 1.54) is 16.4 Å². The van der Waals surface area contributed by atoms with Gasteiger partial charge in [-0.1, -0.05) is 30.3 Å². The van der Waals surface area contributed by atoms with E-state index in [1.54, 1.807) is 13.8 Å². The van der Waals surface area contributed by atoms with Gasteiger partial charge in [-0.05, 0) is 43.4 Å². The Hall–Kier alpha value is -2.25. The SMILES string of the molecule is Cc1cc([N+](=O)[O-])cc(S(=O)(=O)N2CCCC2c2ccccc2)c1C. The maximum Gasteiger partial charge on any atom is 0.271 e. The number of nitro benzene ring substituents is 1. The van der Waals surface area contributed by atoms with Gasteiger partial charge < -0.3 is 0 Å². The second-order valence-electron chi connectivity index (χ2n) is 6.33. The van der Waals surface area contributed by atoms with Crippen molar-refractivity contribution in [2.24, 2.45) is 0 Å². The van der Waals surface area contributed by atoms with Crippen LogP contribution in [-0.4, -0.2) is 24.2 Å². The van der Waals surface area contributed by atoms with Crippen molar-refractivity contribution in [3.63, 3.8) is 0 Å². The molecular formula is C18H20N2O4S. The summed E-state index contributed by atoms with van der Waals surface area (Å²) in [5.74, 6) is 0. The van der Waals surface area contributed by atoms with E-state index in [0.717, 1.165) is 18.4 Å². The van der Waals surface area contributed by atoms with Crippen LogP contribution in [0.15, 0.2) is 47.4 Å². The summed E-state index contributed by atoms with van der Waals surface area (Å²) in [5, 5.41) is 11.1. The molecule has 0 spiro atoms. The Morgan fingerprint density at radius 1 is 1.16 bits per heavy atom. The highest BCUT2D eigenvalue weighted by Crippen LogP contribution is 2.38. The smallest absolute Gasteiger partial charge is 0.258 e. The molecule has 1 heterocycles. The van der Waals surface area contributed by atoms with Crippen LogP contribution in [0.5, 0.6) is 0 Å². The second kappa shape index (κ2) is 6.57. The molecule has 25 heavy (non-hydrogen) atoms. The summed E-state index contributed by atoms with van der Waals surface area (Å²) in [6.45, 7) is 3.81. The van der Waals surface area contributed by atoms with Crippen LogP contribution in [0.4, 0.5) is 5.69 Å². The van der Waals surface area contributed by atoms with Crippen molar-refractivity contribution >= 4 is 15.7 Å². The fourth-order valence-corrected chi connectivity index (χ4v) is 5.35. The molecule has 0 saturated carbocycles. The maximum atomic E-state index is 13.3. The van der Waals surface area contributed by atoms with Crippen molar-refractivity contribution in [1.82, 2.24) is 4.31 Å². The number of rotatable bonds is 4.